The van der Waals surface area contributed by atoms with E-state index in [9.17, 15) is 4.79 Å². The first kappa shape index (κ1) is 15.0. The number of carbonyl (C=O) groups is 1. The van der Waals surface area contributed by atoms with E-state index >= 15 is 0 Å². The second-order valence-corrected chi connectivity index (χ2v) is 6.28. The number of aromatic amines is 1. The topological polar surface area (TPSA) is 44.9 Å². The average Bonchev–Trinajstić information content (AvgIpc) is 2.71. The number of hydrogen-bond donors (Lipinski definition) is 2. The molecular weight excluding hydrogens is 268 g/mol. The van der Waals surface area contributed by atoms with Gasteiger partial charge in [0, 0.05) is 28.2 Å². The number of rotatable bonds is 5. The second kappa shape index (κ2) is 6.35. The molecule has 108 valence electrons. The monoisotopic (exact) mass is 290 g/mol. The fourth-order valence-electron chi connectivity index (χ4n) is 2.28. The maximum absolute atomic E-state index is 12.3. The van der Waals surface area contributed by atoms with Gasteiger partial charge in [-0.3, -0.25) is 4.79 Å². The summed E-state index contributed by atoms with van der Waals surface area (Å²) in [5.41, 5.74) is 4.19. The molecule has 0 aliphatic carbocycles. The first-order valence-electron chi connectivity index (χ1n) is 6.91. The third-order valence-corrected chi connectivity index (χ3v) is 4.35. The SMILES string of the molecule is CSCCC(C)NC(=O)c1ccc2[nH]c(C)c(C)c2c1. The van der Waals surface area contributed by atoms with Gasteiger partial charge in [-0.05, 0) is 63.0 Å². The fraction of sp³-hybridized carbons (Fsp3) is 0.438. The lowest BCUT2D eigenvalue weighted by molar-refractivity contribution is 0.0939. The van der Waals surface area contributed by atoms with Crippen LogP contribution in [0.5, 0.6) is 0 Å². The van der Waals surface area contributed by atoms with E-state index in [2.05, 4.69) is 37.3 Å². The minimum Gasteiger partial charge on any atom is -0.358 e. The van der Waals surface area contributed by atoms with Gasteiger partial charge in [0.2, 0.25) is 0 Å². The van der Waals surface area contributed by atoms with Crippen molar-refractivity contribution in [3.63, 3.8) is 0 Å². The van der Waals surface area contributed by atoms with Gasteiger partial charge in [-0.25, -0.2) is 0 Å². The quantitative estimate of drug-likeness (QED) is 0.882. The van der Waals surface area contributed by atoms with Gasteiger partial charge in [0.25, 0.3) is 5.91 Å². The Balaban J connectivity index is 2.16. The minimum atomic E-state index is 0.0127. The number of aromatic nitrogens is 1. The minimum absolute atomic E-state index is 0.0127. The Bertz CT molecular complexity index is 618. The predicted molar refractivity (Wildman–Crippen MR) is 87.7 cm³/mol. The highest BCUT2D eigenvalue weighted by atomic mass is 32.2. The van der Waals surface area contributed by atoms with Crippen molar-refractivity contribution in [1.82, 2.24) is 10.3 Å². The van der Waals surface area contributed by atoms with Crippen LogP contribution < -0.4 is 5.32 Å². The van der Waals surface area contributed by atoms with Crippen molar-refractivity contribution < 1.29 is 4.79 Å². The molecule has 1 aromatic heterocycles. The number of nitrogens with one attached hydrogen (secondary N) is 2. The number of hydrogen-bond acceptors (Lipinski definition) is 2. The molecule has 2 aromatic rings. The maximum atomic E-state index is 12.3. The highest BCUT2D eigenvalue weighted by Gasteiger charge is 2.12. The van der Waals surface area contributed by atoms with Crippen LogP contribution in [0.4, 0.5) is 0 Å². The summed E-state index contributed by atoms with van der Waals surface area (Å²) in [6.45, 7) is 6.19. The van der Waals surface area contributed by atoms with E-state index in [1.54, 1.807) is 11.8 Å². The number of benzene rings is 1. The molecule has 3 nitrogen and oxygen atoms in total. The Morgan fingerprint density at radius 3 is 2.85 bits per heavy atom. The molecule has 1 amide bonds. The lowest BCUT2D eigenvalue weighted by atomic mass is 10.1. The fourth-order valence-corrected chi connectivity index (χ4v) is 2.87. The second-order valence-electron chi connectivity index (χ2n) is 5.29. The van der Waals surface area contributed by atoms with Crippen molar-refractivity contribution in [3.8, 4) is 0 Å². The summed E-state index contributed by atoms with van der Waals surface area (Å²) >= 11 is 1.80. The largest absolute Gasteiger partial charge is 0.358 e. The van der Waals surface area contributed by atoms with Crippen LogP contribution in [0.3, 0.4) is 0 Å². The van der Waals surface area contributed by atoms with Crippen molar-refractivity contribution in [2.75, 3.05) is 12.0 Å². The van der Waals surface area contributed by atoms with Gasteiger partial charge < -0.3 is 10.3 Å². The van der Waals surface area contributed by atoms with Crippen molar-refractivity contribution in [3.05, 3.63) is 35.0 Å². The van der Waals surface area contributed by atoms with Gasteiger partial charge in [0.1, 0.15) is 0 Å². The number of H-pyrrole nitrogens is 1. The molecule has 0 fully saturated rings. The van der Waals surface area contributed by atoms with Crippen molar-refractivity contribution in [1.29, 1.82) is 0 Å². The molecule has 1 atom stereocenters. The summed E-state index contributed by atoms with van der Waals surface area (Å²) in [4.78, 5) is 15.6. The summed E-state index contributed by atoms with van der Waals surface area (Å²) < 4.78 is 0. The summed E-state index contributed by atoms with van der Waals surface area (Å²) in [5, 5.41) is 4.19. The highest BCUT2D eigenvalue weighted by molar-refractivity contribution is 7.98. The van der Waals surface area contributed by atoms with E-state index in [-0.39, 0.29) is 11.9 Å². The van der Waals surface area contributed by atoms with Gasteiger partial charge in [0.05, 0.1) is 0 Å². The third kappa shape index (κ3) is 3.18. The zero-order chi connectivity index (χ0) is 14.7. The van der Waals surface area contributed by atoms with Crippen LogP contribution in [0.15, 0.2) is 18.2 Å². The first-order chi connectivity index (χ1) is 9.52. The molecule has 1 unspecified atom stereocenters. The molecule has 0 radical (unpaired) electrons. The van der Waals surface area contributed by atoms with E-state index in [1.807, 2.05) is 18.2 Å². The molecule has 0 spiro atoms. The lowest BCUT2D eigenvalue weighted by Gasteiger charge is -2.13. The molecule has 4 heteroatoms. The molecule has 2 rings (SSSR count). The predicted octanol–water partition coefficient (Wildman–Crippen LogP) is 3.66. The van der Waals surface area contributed by atoms with Crippen LogP contribution in [0, 0.1) is 13.8 Å². The number of carbonyl (C=O) groups excluding carboxylic acids is 1. The van der Waals surface area contributed by atoms with Crippen LogP contribution in [0.2, 0.25) is 0 Å². The maximum Gasteiger partial charge on any atom is 0.251 e. The van der Waals surface area contributed by atoms with E-state index in [0.29, 0.717) is 0 Å². The summed E-state index contributed by atoms with van der Waals surface area (Å²) in [7, 11) is 0. The average molecular weight is 290 g/mol. The van der Waals surface area contributed by atoms with Gasteiger partial charge in [-0.15, -0.1) is 0 Å². The van der Waals surface area contributed by atoms with E-state index < -0.39 is 0 Å². The molecule has 1 heterocycles. The zero-order valence-electron chi connectivity index (χ0n) is 12.5. The van der Waals surface area contributed by atoms with Crippen LogP contribution in [-0.2, 0) is 0 Å². The number of thioether (sulfide) groups is 1. The Kier molecular flexibility index (Phi) is 4.76. The molecule has 2 N–H and O–H groups in total. The van der Waals surface area contributed by atoms with Gasteiger partial charge in [0.15, 0.2) is 0 Å². The number of aryl methyl sites for hydroxylation is 2. The third-order valence-electron chi connectivity index (χ3n) is 3.70. The Hall–Kier alpha value is -1.42. The number of amides is 1. The molecule has 1 aromatic carbocycles. The molecule has 0 aliphatic heterocycles. The Morgan fingerprint density at radius 2 is 2.15 bits per heavy atom. The van der Waals surface area contributed by atoms with Crippen molar-refractivity contribution >= 4 is 28.6 Å². The molecule has 20 heavy (non-hydrogen) atoms. The van der Waals surface area contributed by atoms with E-state index in [1.165, 1.54) is 5.56 Å². The highest BCUT2D eigenvalue weighted by Crippen LogP contribution is 2.22. The molecule has 0 aliphatic rings. The van der Waals surface area contributed by atoms with Gasteiger partial charge in [-0.2, -0.15) is 11.8 Å². The first-order valence-corrected chi connectivity index (χ1v) is 8.31. The van der Waals surface area contributed by atoms with Crippen LogP contribution in [0.25, 0.3) is 10.9 Å². The van der Waals surface area contributed by atoms with Crippen molar-refractivity contribution in [2.45, 2.75) is 33.2 Å². The molecule has 0 saturated carbocycles. The van der Waals surface area contributed by atoms with Crippen LogP contribution >= 0.6 is 11.8 Å². The van der Waals surface area contributed by atoms with Crippen LogP contribution in [-0.4, -0.2) is 28.9 Å². The standard InChI is InChI=1S/C16H22N2OS/c1-10(7-8-20-4)17-16(19)13-5-6-15-14(9-13)11(2)12(3)18-15/h5-6,9-10,18H,7-8H2,1-4H3,(H,17,19). The van der Waals surface area contributed by atoms with Gasteiger partial charge in [-0.1, -0.05) is 0 Å². The van der Waals surface area contributed by atoms with Crippen molar-refractivity contribution in [2.24, 2.45) is 0 Å². The number of fused-ring (bicyclic) bond motifs is 1. The normalized spacial score (nSPS) is 12.6. The van der Waals surface area contributed by atoms with Crippen LogP contribution in [0.1, 0.15) is 35.0 Å². The van der Waals surface area contributed by atoms with Gasteiger partial charge >= 0.3 is 0 Å². The molecule has 0 saturated heterocycles. The smallest absolute Gasteiger partial charge is 0.251 e. The lowest BCUT2D eigenvalue weighted by Crippen LogP contribution is -2.32. The Morgan fingerprint density at radius 1 is 1.40 bits per heavy atom. The summed E-state index contributed by atoms with van der Waals surface area (Å²) in [5.74, 6) is 1.08. The Labute approximate surface area is 124 Å². The van der Waals surface area contributed by atoms with E-state index in [4.69, 9.17) is 0 Å². The molecule has 0 bridgehead atoms. The molecular formula is C16H22N2OS. The van der Waals surface area contributed by atoms with E-state index in [0.717, 1.165) is 34.3 Å². The summed E-state index contributed by atoms with van der Waals surface area (Å²) in [6, 6.07) is 6.05. The zero-order valence-corrected chi connectivity index (χ0v) is 13.4. The summed E-state index contributed by atoms with van der Waals surface area (Å²) in [6.07, 6.45) is 3.08.